The number of benzene rings is 1. The van der Waals surface area contributed by atoms with Gasteiger partial charge in [-0.3, -0.25) is 0 Å². The van der Waals surface area contributed by atoms with Crippen LogP contribution >= 0.6 is 27.7 Å². The highest BCUT2D eigenvalue weighted by atomic mass is 79.9. The Morgan fingerprint density at radius 2 is 2.35 bits per heavy atom. The van der Waals surface area contributed by atoms with Crippen LogP contribution in [-0.2, 0) is 10.5 Å². The second kappa shape index (κ2) is 6.12. The Kier molecular flexibility index (Phi) is 4.77. The summed E-state index contributed by atoms with van der Waals surface area (Å²) in [6.45, 7) is 3.06. The first-order valence-electron chi connectivity index (χ1n) is 5.76. The third-order valence-electron chi connectivity index (χ3n) is 3.01. The van der Waals surface area contributed by atoms with Gasteiger partial charge in [-0.25, -0.2) is 0 Å². The molecule has 0 bridgehead atoms. The second-order valence-corrected chi connectivity index (χ2v) is 6.25. The maximum atomic E-state index is 5.57. The van der Waals surface area contributed by atoms with Gasteiger partial charge in [0.25, 0.3) is 0 Å². The molecule has 2 rings (SSSR count). The molecule has 0 amide bonds. The molecule has 0 saturated carbocycles. The van der Waals surface area contributed by atoms with Crippen LogP contribution in [0, 0.1) is 0 Å². The average molecular weight is 317 g/mol. The molecule has 0 N–H and O–H groups in total. The summed E-state index contributed by atoms with van der Waals surface area (Å²) in [6.07, 6.45) is 1.54. The van der Waals surface area contributed by atoms with Crippen molar-refractivity contribution in [3.8, 4) is 5.75 Å². The van der Waals surface area contributed by atoms with Crippen LogP contribution in [0.4, 0.5) is 0 Å². The molecule has 0 aliphatic carbocycles. The van der Waals surface area contributed by atoms with E-state index < -0.39 is 0 Å². The lowest BCUT2D eigenvalue weighted by molar-refractivity contribution is 0.127. The van der Waals surface area contributed by atoms with Gasteiger partial charge in [0, 0.05) is 22.1 Å². The monoisotopic (exact) mass is 316 g/mol. The van der Waals surface area contributed by atoms with Crippen LogP contribution in [0.3, 0.4) is 0 Å². The molecule has 1 aliphatic heterocycles. The molecular formula is C13H17BrO2S. The predicted molar refractivity (Wildman–Crippen MR) is 75.8 cm³/mol. The number of rotatable bonds is 4. The van der Waals surface area contributed by atoms with E-state index in [-0.39, 0.29) is 0 Å². The maximum Gasteiger partial charge on any atom is 0.119 e. The van der Waals surface area contributed by atoms with Crippen molar-refractivity contribution < 1.29 is 9.47 Å². The van der Waals surface area contributed by atoms with Gasteiger partial charge in [-0.15, -0.1) is 0 Å². The number of halogens is 1. The van der Waals surface area contributed by atoms with E-state index in [9.17, 15) is 0 Å². The van der Waals surface area contributed by atoms with Crippen LogP contribution in [0.1, 0.15) is 18.9 Å². The van der Waals surface area contributed by atoms with Gasteiger partial charge in [-0.05, 0) is 37.1 Å². The highest BCUT2D eigenvalue weighted by molar-refractivity contribution is 9.10. The number of methoxy groups -OCH3 is 1. The highest BCUT2D eigenvalue weighted by Crippen LogP contribution is 2.32. The third kappa shape index (κ3) is 3.39. The summed E-state index contributed by atoms with van der Waals surface area (Å²) in [7, 11) is 1.70. The molecule has 1 saturated heterocycles. The molecule has 1 heterocycles. The summed E-state index contributed by atoms with van der Waals surface area (Å²) in [4.78, 5) is 0. The summed E-state index contributed by atoms with van der Waals surface area (Å²) in [5.41, 5.74) is 1.29. The normalized spacial score (nSPS) is 23.9. The third-order valence-corrected chi connectivity index (χ3v) is 5.31. The van der Waals surface area contributed by atoms with Crippen molar-refractivity contribution in [1.82, 2.24) is 0 Å². The number of ether oxygens (including phenoxy) is 2. The molecule has 2 atom stereocenters. The van der Waals surface area contributed by atoms with E-state index >= 15 is 0 Å². The van der Waals surface area contributed by atoms with Crippen molar-refractivity contribution in [2.24, 2.45) is 0 Å². The van der Waals surface area contributed by atoms with Gasteiger partial charge in [0.05, 0.1) is 13.2 Å². The first-order chi connectivity index (χ1) is 8.20. The van der Waals surface area contributed by atoms with Crippen molar-refractivity contribution in [2.45, 2.75) is 30.5 Å². The molecule has 17 heavy (non-hydrogen) atoms. The van der Waals surface area contributed by atoms with Gasteiger partial charge in [0.2, 0.25) is 0 Å². The Hall–Kier alpha value is -0.190. The Morgan fingerprint density at radius 1 is 1.53 bits per heavy atom. The van der Waals surface area contributed by atoms with Gasteiger partial charge < -0.3 is 9.47 Å². The fourth-order valence-corrected chi connectivity index (χ4v) is 3.73. The highest BCUT2D eigenvalue weighted by Gasteiger charge is 2.24. The molecule has 2 unspecified atom stereocenters. The van der Waals surface area contributed by atoms with Crippen molar-refractivity contribution in [3.63, 3.8) is 0 Å². The maximum absolute atomic E-state index is 5.57. The molecule has 0 radical (unpaired) electrons. The van der Waals surface area contributed by atoms with Crippen LogP contribution in [-0.4, -0.2) is 25.1 Å². The number of thioether (sulfide) groups is 1. The topological polar surface area (TPSA) is 18.5 Å². The predicted octanol–water partition coefficient (Wildman–Crippen LogP) is 3.87. The van der Waals surface area contributed by atoms with Crippen LogP contribution in [0.2, 0.25) is 0 Å². The van der Waals surface area contributed by atoms with Crippen molar-refractivity contribution in [3.05, 3.63) is 28.2 Å². The van der Waals surface area contributed by atoms with E-state index in [0.29, 0.717) is 11.4 Å². The molecule has 1 aliphatic rings. The van der Waals surface area contributed by atoms with Gasteiger partial charge in [0.15, 0.2) is 0 Å². The summed E-state index contributed by atoms with van der Waals surface area (Å²) in [5.74, 6) is 1.91. The van der Waals surface area contributed by atoms with Crippen molar-refractivity contribution in [1.29, 1.82) is 0 Å². The number of hydrogen-bond donors (Lipinski definition) is 0. The van der Waals surface area contributed by atoms with Crippen LogP contribution in [0.25, 0.3) is 0 Å². The lowest BCUT2D eigenvalue weighted by Gasteiger charge is -2.14. The average Bonchev–Trinajstić information content (AvgIpc) is 2.74. The summed E-state index contributed by atoms with van der Waals surface area (Å²) in [5, 5.41) is 0.619. The van der Waals surface area contributed by atoms with E-state index in [2.05, 4.69) is 28.9 Å². The largest absolute Gasteiger partial charge is 0.497 e. The summed E-state index contributed by atoms with van der Waals surface area (Å²) in [6, 6.07) is 6.11. The van der Waals surface area contributed by atoms with Crippen LogP contribution < -0.4 is 4.74 Å². The molecule has 4 heteroatoms. The van der Waals surface area contributed by atoms with Crippen LogP contribution in [0.5, 0.6) is 5.75 Å². The second-order valence-electron chi connectivity index (χ2n) is 4.17. The lowest BCUT2D eigenvalue weighted by atomic mass is 10.2. The molecule has 94 valence electrons. The summed E-state index contributed by atoms with van der Waals surface area (Å²) >= 11 is 5.55. The Bertz CT molecular complexity index is 384. The first kappa shape index (κ1) is 13.2. The number of hydrogen-bond acceptors (Lipinski definition) is 3. The van der Waals surface area contributed by atoms with Gasteiger partial charge >= 0.3 is 0 Å². The van der Waals surface area contributed by atoms with E-state index in [0.717, 1.165) is 29.0 Å². The molecule has 1 aromatic rings. The Morgan fingerprint density at radius 3 is 3.00 bits per heavy atom. The zero-order valence-corrected chi connectivity index (χ0v) is 12.5. The van der Waals surface area contributed by atoms with E-state index in [1.807, 2.05) is 23.9 Å². The SMILES string of the molecule is COc1ccc(Br)c(CSC2CCOC2C)c1. The molecule has 0 spiro atoms. The van der Waals surface area contributed by atoms with E-state index in [1.54, 1.807) is 7.11 Å². The first-order valence-corrected chi connectivity index (χ1v) is 7.60. The van der Waals surface area contributed by atoms with E-state index in [4.69, 9.17) is 9.47 Å². The van der Waals surface area contributed by atoms with Crippen molar-refractivity contribution in [2.75, 3.05) is 13.7 Å². The molecule has 2 nitrogen and oxygen atoms in total. The zero-order chi connectivity index (χ0) is 12.3. The van der Waals surface area contributed by atoms with Crippen molar-refractivity contribution >= 4 is 27.7 Å². The lowest BCUT2D eigenvalue weighted by Crippen LogP contribution is -2.13. The fraction of sp³-hybridized carbons (Fsp3) is 0.538. The van der Waals surface area contributed by atoms with Crippen LogP contribution in [0.15, 0.2) is 22.7 Å². The zero-order valence-electron chi connectivity index (χ0n) is 10.1. The standard InChI is InChI=1S/C13H17BrO2S/c1-9-13(5-6-16-9)17-8-10-7-11(15-2)3-4-12(10)14/h3-4,7,9,13H,5-6,8H2,1-2H3. The smallest absolute Gasteiger partial charge is 0.119 e. The van der Waals surface area contributed by atoms with Gasteiger partial charge in [0.1, 0.15) is 5.75 Å². The Balaban J connectivity index is 1.98. The minimum absolute atomic E-state index is 0.379. The quantitative estimate of drug-likeness (QED) is 0.840. The van der Waals surface area contributed by atoms with E-state index in [1.165, 1.54) is 5.56 Å². The molecule has 1 aromatic carbocycles. The minimum atomic E-state index is 0.379. The van der Waals surface area contributed by atoms with Gasteiger partial charge in [-0.2, -0.15) is 11.8 Å². The summed E-state index contributed by atoms with van der Waals surface area (Å²) < 4.78 is 12.0. The Labute approximate surface area is 115 Å². The fourth-order valence-electron chi connectivity index (χ4n) is 1.92. The minimum Gasteiger partial charge on any atom is -0.497 e. The molecule has 0 aromatic heterocycles. The molecule has 1 fully saturated rings. The molecular weight excluding hydrogens is 300 g/mol. The van der Waals surface area contributed by atoms with Gasteiger partial charge in [-0.1, -0.05) is 15.9 Å².